The van der Waals surface area contributed by atoms with Crippen molar-refractivity contribution in [1.29, 1.82) is 0 Å². The van der Waals surface area contributed by atoms with Gasteiger partial charge in [-0.1, -0.05) is 60.7 Å². The number of carbonyl (C=O) groups excluding carboxylic acids is 1. The molecule has 3 rings (SSSR count). The van der Waals surface area contributed by atoms with Gasteiger partial charge in [0, 0.05) is 24.5 Å². The molecule has 0 aliphatic heterocycles. The minimum atomic E-state index is -0.0453. The summed E-state index contributed by atoms with van der Waals surface area (Å²) in [4.78, 5) is 18.6. The van der Waals surface area contributed by atoms with Crippen LogP contribution in [0.2, 0.25) is 0 Å². The van der Waals surface area contributed by atoms with E-state index < -0.39 is 0 Å². The highest BCUT2D eigenvalue weighted by Crippen LogP contribution is 2.22. The molecule has 0 bridgehead atoms. The molecule has 110 valence electrons. The summed E-state index contributed by atoms with van der Waals surface area (Å²) in [5.41, 5.74) is 2.99. The fourth-order valence-corrected chi connectivity index (χ4v) is 3.03. The number of benzene rings is 2. The molecule has 1 aromatic heterocycles. The first kappa shape index (κ1) is 14.5. The maximum absolute atomic E-state index is 12.5. The van der Waals surface area contributed by atoms with E-state index in [0.717, 1.165) is 16.8 Å². The minimum absolute atomic E-state index is 0.0453. The first-order chi connectivity index (χ1) is 10.7. The van der Waals surface area contributed by atoms with E-state index in [1.54, 1.807) is 11.9 Å². The third-order valence-corrected chi connectivity index (χ3v) is 4.20. The quantitative estimate of drug-likeness (QED) is 0.727. The molecule has 3 nitrogen and oxygen atoms in total. The van der Waals surface area contributed by atoms with Crippen molar-refractivity contribution in [2.75, 3.05) is 7.05 Å². The number of nitrogens with zero attached hydrogens (tertiary/aromatic N) is 2. The number of amides is 1. The van der Waals surface area contributed by atoms with Crippen LogP contribution in [0.25, 0.3) is 11.3 Å². The molecule has 0 fully saturated rings. The average Bonchev–Trinajstić information content (AvgIpc) is 3.06. The highest BCUT2D eigenvalue weighted by molar-refractivity contribution is 7.12. The summed E-state index contributed by atoms with van der Waals surface area (Å²) in [6, 6.07) is 19.9. The third-order valence-electron chi connectivity index (χ3n) is 3.37. The van der Waals surface area contributed by atoms with Gasteiger partial charge in [0.15, 0.2) is 5.01 Å². The Labute approximate surface area is 133 Å². The largest absolute Gasteiger partial charge is 0.335 e. The second-order valence-corrected chi connectivity index (χ2v) is 5.91. The molecule has 0 spiro atoms. The van der Waals surface area contributed by atoms with Gasteiger partial charge in [0.2, 0.25) is 0 Å². The van der Waals surface area contributed by atoms with Gasteiger partial charge >= 0.3 is 0 Å². The van der Waals surface area contributed by atoms with Crippen LogP contribution < -0.4 is 0 Å². The Morgan fingerprint density at radius 1 is 1.05 bits per heavy atom. The summed E-state index contributed by atoms with van der Waals surface area (Å²) in [5.74, 6) is -0.0453. The molecule has 1 heterocycles. The van der Waals surface area contributed by atoms with Crippen LogP contribution in [0.3, 0.4) is 0 Å². The molecule has 2 aromatic carbocycles. The zero-order valence-electron chi connectivity index (χ0n) is 12.3. The minimum Gasteiger partial charge on any atom is -0.335 e. The van der Waals surface area contributed by atoms with Crippen LogP contribution in [-0.4, -0.2) is 22.8 Å². The van der Waals surface area contributed by atoms with Gasteiger partial charge in [-0.25, -0.2) is 4.98 Å². The van der Waals surface area contributed by atoms with Gasteiger partial charge in [0.1, 0.15) is 0 Å². The molecule has 0 N–H and O–H groups in total. The van der Waals surface area contributed by atoms with Gasteiger partial charge in [-0.3, -0.25) is 4.79 Å². The molecular formula is C18H16N2OS. The van der Waals surface area contributed by atoms with Gasteiger partial charge in [-0.2, -0.15) is 0 Å². The molecule has 0 aliphatic carbocycles. The maximum Gasteiger partial charge on any atom is 0.282 e. The van der Waals surface area contributed by atoms with Crippen LogP contribution in [0.15, 0.2) is 66.0 Å². The van der Waals surface area contributed by atoms with Crippen LogP contribution in [0, 0.1) is 0 Å². The van der Waals surface area contributed by atoms with Crippen molar-refractivity contribution in [3.05, 3.63) is 76.6 Å². The summed E-state index contributed by atoms with van der Waals surface area (Å²) in [5, 5.41) is 2.45. The second kappa shape index (κ2) is 6.54. The smallest absolute Gasteiger partial charge is 0.282 e. The maximum atomic E-state index is 12.5. The topological polar surface area (TPSA) is 33.2 Å². The monoisotopic (exact) mass is 308 g/mol. The lowest BCUT2D eigenvalue weighted by atomic mass is 10.2. The Kier molecular flexibility index (Phi) is 4.30. The Bertz CT molecular complexity index is 753. The molecule has 1 amide bonds. The van der Waals surface area contributed by atoms with Crippen LogP contribution in [0.4, 0.5) is 0 Å². The molecule has 0 radical (unpaired) electrons. The Morgan fingerprint density at radius 3 is 2.36 bits per heavy atom. The second-order valence-electron chi connectivity index (χ2n) is 5.05. The van der Waals surface area contributed by atoms with E-state index in [2.05, 4.69) is 4.98 Å². The number of hydrogen-bond acceptors (Lipinski definition) is 3. The molecule has 22 heavy (non-hydrogen) atoms. The standard InChI is InChI=1S/C18H16N2OS/c1-20(12-14-8-4-2-5-9-14)18(21)17-19-16(13-22-17)15-10-6-3-7-11-15/h2-11,13H,12H2,1H3. The van der Waals surface area contributed by atoms with Gasteiger partial charge < -0.3 is 4.90 Å². The Hall–Kier alpha value is -2.46. The number of thiazole rings is 1. The molecule has 0 atom stereocenters. The highest BCUT2D eigenvalue weighted by Gasteiger charge is 2.16. The van der Waals surface area contributed by atoms with Crippen LogP contribution in [-0.2, 0) is 6.54 Å². The SMILES string of the molecule is CN(Cc1ccccc1)C(=O)c1nc(-c2ccccc2)cs1. The molecule has 0 saturated carbocycles. The van der Waals surface area contributed by atoms with E-state index in [1.165, 1.54) is 11.3 Å². The molecule has 4 heteroatoms. The normalized spacial score (nSPS) is 10.4. The summed E-state index contributed by atoms with van der Waals surface area (Å²) in [7, 11) is 1.80. The van der Waals surface area contributed by atoms with Gasteiger partial charge in [-0.05, 0) is 5.56 Å². The fourth-order valence-electron chi connectivity index (χ4n) is 2.21. The lowest BCUT2D eigenvalue weighted by Crippen LogP contribution is -2.26. The number of aromatic nitrogens is 1. The number of hydrogen-bond donors (Lipinski definition) is 0. The predicted molar refractivity (Wildman–Crippen MR) is 89.8 cm³/mol. The van der Waals surface area contributed by atoms with Gasteiger partial charge in [0.25, 0.3) is 5.91 Å². The third kappa shape index (κ3) is 3.23. The first-order valence-electron chi connectivity index (χ1n) is 7.04. The molecule has 0 unspecified atom stereocenters. The van der Waals surface area contributed by atoms with E-state index in [9.17, 15) is 4.79 Å². The van der Waals surface area contributed by atoms with Crippen molar-refractivity contribution in [1.82, 2.24) is 9.88 Å². The van der Waals surface area contributed by atoms with Crippen molar-refractivity contribution < 1.29 is 4.79 Å². The van der Waals surface area contributed by atoms with Crippen LogP contribution >= 0.6 is 11.3 Å². The molecule has 0 aliphatic rings. The van der Waals surface area contributed by atoms with Crippen molar-refractivity contribution in [3.8, 4) is 11.3 Å². The first-order valence-corrected chi connectivity index (χ1v) is 7.92. The summed E-state index contributed by atoms with van der Waals surface area (Å²) < 4.78 is 0. The molecule has 0 saturated heterocycles. The fraction of sp³-hybridized carbons (Fsp3) is 0.111. The van der Waals surface area contributed by atoms with Crippen molar-refractivity contribution >= 4 is 17.2 Å². The summed E-state index contributed by atoms with van der Waals surface area (Å²) in [6.07, 6.45) is 0. The van der Waals surface area contributed by atoms with E-state index in [0.29, 0.717) is 11.6 Å². The van der Waals surface area contributed by atoms with Crippen molar-refractivity contribution in [2.45, 2.75) is 6.54 Å². The van der Waals surface area contributed by atoms with E-state index in [1.807, 2.05) is 66.0 Å². The Morgan fingerprint density at radius 2 is 1.68 bits per heavy atom. The highest BCUT2D eigenvalue weighted by atomic mass is 32.1. The molecule has 3 aromatic rings. The zero-order chi connectivity index (χ0) is 15.4. The van der Waals surface area contributed by atoms with E-state index >= 15 is 0 Å². The number of rotatable bonds is 4. The van der Waals surface area contributed by atoms with Gasteiger partial charge in [-0.15, -0.1) is 11.3 Å². The number of carbonyl (C=O) groups is 1. The van der Waals surface area contributed by atoms with Crippen LogP contribution in [0.1, 0.15) is 15.4 Å². The summed E-state index contributed by atoms with van der Waals surface area (Å²) >= 11 is 1.39. The van der Waals surface area contributed by atoms with E-state index in [4.69, 9.17) is 0 Å². The predicted octanol–water partition coefficient (Wildman–Crippen LogP) is 4.08. The lowest BCUT2D eigenvalue weighted by molar-refractivity contribution is 0.0785. The summed E-state index contributed by atoms with van der Waals surface area (Å²) in [6.45, 7) is 0.583. The Balaban J connectivity index is 1.74. The van der Waals surface area contributed by atoms with Gasteiger partial charge in [0.05, 0.1) is 5.69 Å². The zero-order valence-corrected chi connectivity index (χ0v) is 13.1. The van der Waals surface area contributed by atoms with Crippen molar-refractivity contribution in [2.24, 2.45) is 0 Å². The van der Waals surface area contributed by atoms with Crippen molar-refractivity contribution in [3.63, 3.8) is 0 Å². The van der Waals surface area contributed by atoms with E-state index in [-0.39, 0.29) is 5.91 Å². The molecular weight excluding hydrogens is 292 g/mol. The van der Waals surface area contributed by atoms with Crippen LogP contribution in [0.5, 0.6) is 0 Å². The average molecular weight is 308 g/mol. The lowest BCUT2D eigenvalue weighted by Gasteiger charge is -2.15.